The third-order valence-electron chi connectivity index (χ3n) is 2.79. The van der Waals surface area contributed by atoms with E-state index in [0.29, 0.717) is 23.9 Å². The molecule has 0 amide bonds. The number of H-pyrrole nitrogens is 1. The number of hydrogen-bond donors (Lipinski definition) is 2. The molecule has 98 valence electrons. The van der Waals surface area contributed by atoms with E-state index < -0.39 is 0 Å². The number of aromatic nitrogens is 5. The maximum absolute atomic E-state index is 5.51. The molecule has 7 nitrogen and oxygen atoms in total. The number of fused-ring (bicyclic) bond motifs is 1. The smallest absolute Gasteiger partial charge is 0.215 e. The predicted molar refractivity (Wildman–Crippen MR) is 70.7 cm³/mol. The first-order chi connectivity index (χ1) is 9.30. The molecule has 0 aliphatic rings. The number of methoxy groups -OCH3 is 1. The summed E-state index contributed by atoms with van der Waals surface area (Å²) >= 11 is 0. The molecule has 3 aromatic heterocycles. The summed E-state index contributed by atoms with van der Waals surface area (Å²) in [5.74, 6) is 1.23. The molecule has 0 saturated carbocycles. The van der Waals surface area contributed by atoms with Gasteiger partial charge in [-0.05, 0) is 6.07 Å². The quantitative estimate of drug-likeness (QED) is 0.721. The standard InChI is InChI=1S/C12H14N6O/c1-19-10-3-2-8-11(16-10)17-12(15-8)9-6-18(5-4-13)7-14-9/h2-3,6-7H,4-5,13H2,1H3,(H,15,16,17). The molecule has 3 N–H and O–H groups in total. The SMILES string of the molecule is COc1ccc2[nH]c(-c3cn(CCN)cn3)nc2n1. The molecular formula is C12H14N6O. The lowest BCUT2D eigenvalue weighted by molar-refractivity contribution is 0.399. The van der Waals surface area contributed by atoms with Crippen LogP contribution in [0.5, 0.6) is 5.88 Å². The summed E-state index contributed by atoms with van der Waals surface area (Å²) in [5, 5.41) is 0. The first-order valence-corrected chi connectivity index (χ1v) is 5.93. The van der Waals surface area contributed by atoms with Crippen LogP contribution in [0.4, 0.5) is 0 Å². The monoisotopic (exact) mass is 258 g/mol. The van der Waals surface area contributed by atoms with Crippen LogP contribution in [-0.2, 0) is 6.54 Å². The Kier molecular flexibility index (Phi) is 2.88. The van der Waals surface area contributed by atoms with E-state index in [-0.39, 0.29) is 0 Å². The number of nitrogens with zero attached hydrogens (tertiary/aromatic N) is 4. The zero-order valence-corrected chi connectivity index (χ0v) is 10.5. The number of rotatable bonds is 4. The number of imidazole rings is 2. The lowest BCUT2D eigenvalue weighted by Gasteiger charge is -1.95. The molecule has 0 radical (unpaired) electrons. The van der Waals surface area contributed by atoms with Gasteiger partial charge < -0.3 is 20.0 Å². The third kappa shape index (κ3) is 2.15. The lowest BCUT2D eigenvalue weighted by Crippen LogP contribution is -2.07. The van der Waals surface area contributed by atoms with Gasteiger partial charge in [-0.1, -0.05) is 0 Å². The van der Waals surface area contributed by atoms with Crippen molar-refractivity contribution in [3.05, 3.63) is 24.7 Å². The normalized spacial score (nSPS) is 11.1. The number of ether oxygens (including phenoxy) is 1. The van der Waals surface area contributed by atoms with Crippen molar-refractivity contribution < 1.29 is 4.74 Å². The maximum atomic E-state index is 5.51. The Morgan fingerprint density at radius 2 is 2.26 bits per heavy atom. The number of hydrogen-bond acceptors (Lipinski definition) is 5. The van der Waals surface area contributed by atoms with Gasteiger partial charge in [0.05, 0.1) is 19.0 Å². The Bertz CT molecular complexity index is 701. The van der Waals surface area contributed by atoms with Crippen molar-refractivity contribution in [3.8, 4) is 17.4 Å². The Hall–Kier alpha value is -2.41. The fourth-order valence-electron chi connectivity index (χ4n) is 1.86. The van der Waals surface area contributed by atoms with E-state index in [2.05, 4.69) is 19.9 Å². The fourth-order valence-corrected chi connectivity index (χ4v) is 1.86. The Balaban J connectivity index is 1.99. The molecule has 0 aliphatic heterocycles. The molecule has 0 aromatic carbocycles. The first-order valence-electron chi connectivity index (χ1n) is 5.93. The van der Waals surface area contributed by atoms with Crippen LogP contribution in [0.25, 0.3) is 22.7 Å². The predicted octanol–water partition coefficient (Wildman–Crippen LogP) is 0.789. The third-order valence-corrected chi connectivity index (χ3v) is 2.79. The molecule has 0 fully saturated rings. The van der Waals surface area contributed by atoms with Crippen molar-refractivity contribution in [2.24, 2.45) is 5.73 Å². The number of aromatic amines is 1. The van der Waals surface area contributed by atoms with Crippen LogP contribution in [-0.4, -0.2) is 38.2 Å². The summed E-state index contributed by atoms with van der Waals surface area (Å²) in [7, 11) is 1.58. The molecule has 3 heterocycles. The highest BCUT2D eigenvalue weighted by Crippen LogP contribution is 2.19. The summed E-state index contributed by atoms with van der Waals surface area (Å²) in [4.78, 5) is 16.2. The molecule has 0 unspecified atom stereocenters. The largest absolute Gasteiger partial charge is 0.481 e. The van der Waals surface area contributed by atoms with E-state index in [1.54, 1.807) is 19.5 Å². The van der Waals surface area contributed by atoms with Crippen molar-refractivity contribution in [2.75, 3.05) is 13.7 Å². The van der Waals surface area contributed by atoms with Crippen molar-refractivity contribution >= 4 is 11.2 Å². The Labute approximate surface area is 109 Å². The van der Waals surface area contributed by atoms with Gasteiger partial charge in [0, 0.05) is 25.4 Å². The van der Waals surface area contributed by atoms with Crippen molar-refractivity contribution in [2.45, 2.75) is 6.54 Å². The fraction of sp³-hybridized carbons (Fsp3) is 0.250. The van der Waals surface area contributed by atoms with Gasteiger partial charge in [0.15, 0.2) is 11.5 Å². The maximum Gasteiger partial charge on any atom is 0.215 e. The number of pyridine rings is 1. The molecule has 0 saturated heterocycles. The summed E-state index contributed by atoms with van der Waals surface area (Å²) < 4.78 is 7.00. The van der Waals surface area contributed by atoms with Gasteiger partial charge in [-0.25, -0.2) is 9.97 Å². The zero-order valence-electron chi connectivity index (χ0n) is 10.5. The highest BCUT2D eigenvalue weighted by Gasteiger charge is 2.09. The molecule has 7 heteroatoms. The first kappa shape index (κ1) is 11.7. The van der Waals surface area contributed by atoms with Crippen molar-refractivity contribution in [1.29, 1.82) is 0 Å². The molecule has 0 spiro atoms. The average molecular weight is 258 g/mol. The number of nitrogens with two attached hydrogens (primary N) is 1. The average Bonchev–Trinajstić information content (AvgIpc) is 3.03. The minimum absolute atomic E-state index is 0.541. The van der Waals surface area contributed by atoms with E-state index >= 15 is 0 Å². The topological polar surface area (TPSA) is 94.6 Å². The highest BCUT2D eigenvalue weighted by molar-refractivity contribution is 5.75. The second kappa shape index (κ2) is 4.69. The number of nitrogens with one attached hydrogen (secondary N) is 1. The van der Waals surface area contributed by atoms with Crippen LogP contribution < -0.4 is 10.5 Å². The second-order valence-electron chi connectivity index (χ2n) is 4.10. The Morgan fingerprint density at radius 1 is 1.37 bits per heavy atom. The van der Waals surface area contributed by atoms with E-state index in [1.165, 1.54) is 0 Å². The van der Waals surface area contributed by atoms with Gasteiger partial charge in [0.1, 0.15) is 5.69 Å². The molecule has 19 heavy (non-hydrogen) atoms. The molecule has 0 aliphatic carbocycles. The van der Waals surface area contributed by atoms with Crippen molar-refractivity contribution in [1.82, 2.24) is 24.5 Å². The molecule has 3 aromatic rings. The van der Waals surface area contributed by atoms with E-state index in [1.807, 2.05) is 16.8 Å². The molecule has 0 atom stereocenters. The summed E-state index contributed by atoms with van der Waals surface area (Å²) in [5.41, 5.74) is 7.74. The summed E-state index contributed by atoms with van der Waals surface area (Å²) in [6.07, 6.45) is 3.64. The molecule has 0 bridgehead atoms. The van der Waals surface area contributed by atoms with Crippen LogP contribution in [0.2, 0.25) is 0 Å². The van der Waals surface area contributed by atoms with Gasteiger partial charge in [-0.3, -0.25) is 0 Å². The van der Waals surface area contributed by atoms with E-state index in [4.69, 9.17) is 10.5 Å². The van der Waals surface area contributed by atoms with E-state index in [0.717, 1.165) is 17.8 Å². The lowest BCUT2D eigenvalue weighted by atomic mass is 10.4. The molecule has 3 rings (SSSR count). The highest BCUT2D eigenvalue weighted by atomic mass is 16.5. The van der Waals surface area contributed by atoms with Crippen LogP contribution in [0.1, 0.15) is 0 Å². The van der Waals surface area contributed by atoms with Gasteiger partial charge in [-0.15, -0.1) is 0 Å². The minimum atomic E-state index is 0.541. The van der Waals surface area contributed by atoms with Crippen LogP contribution in [0.3, 0.4) is 0 Å². The van der Waals surface area contributed by atoms with Gasteiger partial charge in [0.25, 0.3) is 0 Å². The second-order valence-corrected chi connectivity index (χ2v) is 4.10. The molecular weight excluding hydrogens is 244 g/mol. The van der Waals surface area contributed by atoms with Gasteiger partial charge in [-0.2, -0.15) is 4.98 Å². The minimum Gasteiger partial charge on any atom is -0.481 e. The van der Waals surface area contributed by atoms with Crippen LogP contribution >= 0.6 is 0 Å². The van der Waals surface area contributed by atoms with Crippen LogP contribution in [0.15, 0.2) is 24.7 Å². The Morgan fingerprint density at radius 3 is 3.05 bits per heavy atom. The van der Waals surface area contributed by atoms with Crippen LogP contribution in [0, 0.1) is 0 Å². The van der Waals surface area contributed by atoms with E-state index in [9.17, 15) is 0 Å². The summed E-state index contributed by atoms with van der Waals surface area (Å²) in [6.45, 7) is 1.31. The van der Waals surface area contributed by atoms with Gasteiger partial charge >= 0.3 is 0 Å². The zero-order chi connectivity index (χ0) is 13.2. The summed E-state index contributed by atoms with van der Waals surface area (Å²) in [6, 6.07) is 3.67. The van der Waals surface area contributed by atoms with Gasteiger partial charge in [0.2, 0.25) is 5.88 Å². The van der Waals surface area contributed by atoms with Crippen molar-refractivity contribution in [3.63, 3.8) is 0 Å².